The third-order valence-corrected chi connectivity index (χ3v) is 2.64. The van der Waals surface area contributed by atoms with Crippen molar-refractivity contribution in [3.63, 3.8) is 0 Å². The van der Waals surface area contributed by atoms with Crippen molar-refractivity contribution >= 4 is 0 Å². The van der Waals surface area contributed by atoms with Gasteiger partial charge in [-0.1, -0.05) is 0 Å². The van der Waals surface area contributed by atoms with Crippen molar-refractivity contribution in [2.24, 2.45) is 0 Å². The molecule has 1 aromatic rings. The van der Waals surface area contributed by atoms with E-state index in [0.717, 1.165) is 0 Å². The molecule has 4 nitrogen and oxygen atoms in total. The van der Waals surface area contributed by atoms with Crippen LogP contribution in [0.3, 0.4) is 0 Å². The van der Waals surface area contributed by atoms with Crippen LogP contribution in [-0.2, 0) is 0 Å². The molecule has 5 heteroatoms. The van der Waals surface area contributed by atoms with E-state index in [0.29, 0.717) is 23.5 Å². The molecule has 1 aromatic carbocycles. The maximum absolute atomic E-state index is 13.9. The maximum atomic E-state index is 13.9. The van der Waals surface area contributed by atoms with Crippen molar-refractivity contribution in [1.29, 1.82) is 0 Å². The largest absolute Gasteiger partial charge is 0.493 e. The molecule has 2 N–H and O–H groups in total. The van der Waals surface area contributed by atoms with Crippen LogP contribution in [0, 0.1) is 5.82 Å². The molecule has 0 heterocycles. The van der Waals surface area contributed by atoms with E-state index in [1.807, 2.05) is 0 Å². The van der Waals surface area contributed by atoms with Gasteiger partial charge in [0.2, 0.25) is 0 Å². The van der Waals surface area contributed by atoms with Gasteiger partial charge in [-0.3, -0.25) is 0 Å². The smallest absolute Gasteiger partial charge is 0.163 e. The molecule has 1 atom stereocenters. The van der Waals surface area contributed by atoms with Crippen molar-refractivity contribution < 1.29 is 19.0 Å². The Bertz CT molecular complexity index is 371. The van der Waals surface area contributed by atoms with Crippen LogP contribution in [-0.4, -0.2) is 33.0 Å². The van der Waals surface area contributed by atoms with E-state index >= 15 is 0 Å². The highest BCUT2D eigenvalue weighted by Crippen LogP contribution is 2.33. The summed E-state index contributed by atoms with van der Waals surface area (Å²) in [4.78, 5) is 0. The lowest BCUT2D eigenvalue weighted by atomic mass is 10.0. The number of hydrogen-bond donors (Lipinski definition) is 2. The summed E-state index contributed by atoms with van der Waals surface area (Å²) in [5.74, 6) is 0.449. The molecule has 0 aromatic heterocycles. The number of methoxy groups -OCH3 is 2. The summed E-state index contributed by atoms with van der Waals surface area (Å²) in [7, 11) is 4.68. The van der Waals surface area contributed by atoms with Crippen LogP contribution >= 0.6 is 0 Å². The number of hydrogen-bond acceptors (Lipinski definition) is 4. The summed E-state index contributed by atoms with van der Waals surface area (Å²) in [5, 5.41) is 11.9. The summed E-state index contributed by atoms with van der Waals surface area (Å²) in [6, 6.07) is 2.63. The van der Waals surface area contributed by atoms with Gasteiger partial charge in [-0.15, -0.1) is 0 Å². The van der Waals surface area contributed by atoms with E-state index in [1.165, 1.54) is 20.3 Å². The summed E-state index contributed by atoms with van der Waals surface area (Å²) in [6.07, 6.45) is 0.433. The molecule has 0 aliphatic heterocycles. The van der Waals surface area contributed by atoms with Crippen LogP contribution in [0.15, 0.2) is 12.1 Å². The Morgan fingerprint density at radius 2 is 1.88 bits per heavy atom. The quantitative estimate of drug-likeness (QED) is 0.794. The molecule has 0 bridgehead atoms. The first kappa shape index (κ1) is 13.7. The van der Waals surface area contributed by atoms with Crippen LogP contribution in [0.5, 0.6) is 11.5 Å². The van der Waals surface area contributed by atoms with Crippen molar-refractivity contribution in [3.05, 3.63) is 23.5 Å². The molecule has 0 fully saturated rings. The Kier molecular flexibility index (Phi) is 5.18. The summed E-state index contributed by atoms with van der Waals surface area (Å²) >= 11 is 0. The first-order valence-corrected chi connectivity index (χ1v) is 5.37. The molecule has 1 unspecified atom stereocenters. The Balaban J connectivity index is 3.14. The number of aliphatic hydroxyl groups excluding tert-OH is 1. The van der Waals surface area contributed by atoms with Crippen molar-refractivity contribution in [2.75, 3.05) is 27.9 Å². The Morgan fingerprint density at radius 1 is 1.29 bits per heavy atom. The standard InChI is InChI=1S/C12H18FNO3/c1-14-10(4-5-15)8-6-11(16-2)12(17-3)7-9(8)13/h6-7,10,14-15H,4-5H2,1-3H3. The van der Waals surface area contributed by atoms with E-state index in [4.69, 9.17) is 14.6 Å². The van der Waals surface area contributed by atoms with Crippen LogP contribution in [0.25, 0.3) is 0 Å². The summed E-state index contributed by atoms with van der Waals surface area (Å²) in [5.41, 5.74) is 0.458. The third-order valence-electron chi connectivity index (χ3n) is 2.64. The predicted molar refractivity (Wildman–Crippen MR) is 63.0 cm³/mol. The van der Waals surface area contributed by atoms with Crippen LogP contribution in [0.2, 0.25) is 0 Å². The van der Waals surface area contributed by atoms with Gasteiger partial charge in [0, 0.05) is 24.3 Å². The van der Waals surface area contributed by atoms with Crippen molar-refractivity contribution in [2.45, 2.75) is 12.5 Å². The first-order valence-electron chi connectivity index (χ1n) is 5.37. The van der Waals surface area contributed by atoms with Gasteiger partial charge in [-0.2, -0.15) is 0 Å². The number of benzene rings is 1. The maximum Gasteiger partial charge on any atom is 0.163 e. The number of halogens is 1. The average molecular weight is 243 g/mol. The second-order valence-electron chi connectivity index (χ2n) is 3.58. The van der Waals surface area contributed by atoms with E-state index in [2.05, 4.69) is 5.32 Å². The van der Waals surface area contributed by atoms with E-state index in [1.54, 1.807) is 13.1 Å². The minimum atomic E-state index is -0.379. The molecule has 96 valence electrons. The Hall–Kier alpha value is -1.33. The van der Waals surface area contributed by atoms with Gasteiger partial charge >= 0.3 is 0 Å². The molecule has 0 amide bonds. The van der Waals surface area contributed by atoms with Crippen LogP contribution in [0.1, 0.15) is 18.0 Å². The number of aliphatic hydroxyl groups is 1. The van der Waals surface area contributed by atoms with Crippen LogP contribution in [0.4, 0.5) is 4.39 Å². The zero-order valence-corrected chi connectivity index (χ0v) is 10.3. The summed E-state index contributed by atoms with van der Waals surface area (Å²) in [6.45, 7) is -0.0146. The van der Waals surface area contributed by atoms with Gasteiger partial charge in [0.05, 0.1) is 14.2 Å². The molecule has 1 rings (SSSR count). The van der Waals surface area contributed by atoms with Gasteiger partial charge in [0.15, 0.2) is 11.5 Å². The lowest BCUT2D eigenvalue weighted by Crippen LogP contribution is -2.19. The fourth-order valence-electron chi connectivity index (χ4n) is 1.72. The second kappa shape index (κ2) is 6.42. The molecule has 17 heavy (non-hydrogen) atoms. The highest BCUT2D eigenvalue weighted by molar-refractivity contribution is 5.44. The molecule has 0 radical (unpaired) electrons. The number of ether oxygens (including phenoxy) is 2. The van der Waals surface area contributed by atoms with Gasteiger partial charge in [-0.05, 0) is 19.5 Å². The van der Waals surface area contributed by atoms with Gasteiger partial charge in [0.25, 0.3) is 0 Å². The fraction of sp³-hybridized carbons (Fsp3) is 0.500. The predicted octanol–water partition coefficient (Wildman–Crippen LogP) is 1.49. The molecular weight excluding hydrogens is 225 g/mol. The van der Waals surface area contributed by atoms with E-state index < -0.39 is 0 Å². The number of nitrogens with one attached hydrogen (secondary N) is 1. The average Bonchev–Trinajstić information content (AvgIpc) is 2.36. The van der Waals surface area contributed by atoms with Crippen molar-refractivity contribution in [3.8, 4) is 11.5 Å². The lowest BCUT2D eigenvalue weighted by molar-refractivity contribution is 0.267. The second-order valence-corrected chi connectivity index (χ2v) is 3.58. The Morgan fingerprint density at radius 3 is 2.35 bits per heavy atom. The first-order chi connectivity index (χ1) is 8.17. The molecule has 0 aliphatic carbocycles. The SMILES string of the molecule is CNC(CCO)c1cc(OC)c(OC)cc1F. The topological polar surface area (TPSA) is 50.7 Å². The molecule has 0 saturated carbocycles. The van der Waals surface area contributed by atoms with Gasteiger partial charge < -0.3 is 19.9 Å². The number of rotatable bonds is 6. The minimum Gasteiger partial charge on any atom is -0.493 e. The summed E-state index contributed by atoms with van der Waals surface area (Å²) < 4.78 is 24.0. The normalized spacial score (nSPS) is 12.3. The highest BCUT2D eigenvalue weighted by Gasteiger charge is 2.17. The zero-order valence-electron chi connectivity index (χ0n) is 10.3. The molecule has 0 saturated heterocycles. The van der Waals surface area contributed by atoms with Gasteiger partial charge in [0.1, 0.15) is 5.82 Å². The monoisotopic (exact) mass is 243 g/mol. The zero-order chi connectivity index (χ0) is 12.8. The third kappa shape index (κ3) is 3.08. The lowest BCUT2D eigenvalue weighted by Gasteiger charge is -2.18. The minimum absolute atomic E-state index is 0.0146. The Labute approximate surface area is 100 Å². The van der Waals surface area contributed by atoms with Crippen molar-refractivity contribution in [1.82, 2.24) is 5.32 Å². The fourth-order valence-corrected chi connectivity index (χ4v) is 1.72. The molecule has 0 aliphatic rings. The van der Waals surface area contributed by atoms with E-state index in [-0.39, 0.29) is 18.5 Å². The molecular formula is C12H18FNO3. The highest BCUT2D eigenvalue weighted by atomic mass is 19.1. The van der Waals surface area contributed by atoms with Gasteiger partial charge in [-0.25, -0.2) is 4.39 Å². The van der Waals surface area contributed by atoms with Crippen LogP contribution < -0.4 is 14.8 Å². The van der Waals surface area contributed by atoms with E-state index in [9.17, 15) is 4.39 Å². The molecule has 0 spiro atoms.